The van der Waals surface area contributed by atoms with Gasteiger partial charge < -0.3 is 25.4 Å². The Hall–Kier alpha value is -2.75. The van der Waals surface area contributed by atoms with Gasteiger partial charge in [0.05, 0.1) is 42.3 Å². The van der Waals surface area contributed by atoms with Crippen molar-refractivity contribution in [1.29, 1.82) is 0 Å². The Morgan fingerprint density at radius 3 is 3.00 bits per heavy atom. The van der Waals surface area contributed by atoms with Gasteiger partial charge in [-0.1, -0.05) is 29.9 Å². The van der Waals surface area contributed by atoms with Gasteiger partial charge in [-0.05, 0) is 18.2 Å². The Kier molecular flexibility index (Phi) is 7.19. The molecule has 0 spiro atoms. The van der Waals surface area contributed by atoms with E-state index >= 15 is 0 Å². The number of hydrogen-bond donors (Lipinski definition) is 3. The van der Waals surface area contributed by atoms with E-state index in [9.17, 15) is 9.18 Å². The van der Waals surface area contributed by atoms with Crippen molar-refractivity contribution >= 4 is 40.4 Å². The van der Waals surface area contributed by atoms with Crippen LogP contribution in [-0.2, 0) is 16.1 Å². The highest BCUT2D eigenvalue weighted by molar-refractivity contribution is 7.81. The molecule has 4 rings (SSSR count). The minimum atomic E-state index is -0.571. The molecule has 0 saturated carbocycles. The number of carbonyl (C=O) groups is 1. The zero-order valence-electron chi connectivity index (χ0n) is 17.1. The molecule has 1 saturated heterocycles. The predicted molar refractivity (Wildman–Crippen MR) is 123 cm³/mol. The number of nitrogens with zero attached hydrogens (tertiary/aromatic N) is 1. The fourth-order valence-electron chi connectivity index (χ4n) is 3.33. The van der Waals surface area contributed by atoms with Crippen molar-refractivity contribution in [3.63, 3.8) is 0 Å². The normalized spacial score (nSPS) is 16.2. The molecule has 1 amide bonds. The van der Waals surface area contributed by atoms with Crippen LogP contribution in [0.4, 0.5) is 10.1 Å². The van der Waals surface area contributed by atoms with Crippen LogP contribution in [0.2, 0.25) is 5.02 Å². The van der Waals surface area contributed by atoms with Crippen LogP contribution in [-0.4, -0.2) is 42.2 Å². The van der Waals surface area contributed by atoms with Gasteiger partial charge in [0.1, 0.15) is 16.6 Å². The number of rotatable bonds is 8. The number of hydrogen-bond acceptors (Lipinski definition) is 6. The number of nitrogens with one attached hydrogen (secondary N) is 3. The number of anilines is 1. The molecule has 2 aliphatic rings. The molecule has 0 atom stereocenters. The van der Waals surface area contributed by atoms with E-state index in [-0.39, 0.29) is 15.9 Å². The lowest BCUT2D eigenvalue weighted by Gasteiger charge is -2.26. The highest BCUT2D eigenvalue weighted by Crippen LogP contribution is 2.26. The monoisotopic (exact) mass is 476 g/mol. The average Bonchev–Trinajstić information content (AvgIpc) is 2.75. The molecule has 2 aromatic rings. The number of amides is 1. The first-order valence-corrected chi connectivity index (χ1v) is 11.0. The Labute approximate surface area is 195 Å². The van der Waals surface area contributed by atoms with Crippen molar-refractivity contribution in [2.45, 2.75) is 13.0 Å². The van der Waals surface area contributed by atoms with Gasteiger partial charge in [0.2, 0.25) is 0 Å². The van der Waals surface area contributed by atoms with Gasteiger partial charge >= 0.3 is 0 Å². The number of benzene rings is 1. The number of aromatic nitrogens is 1. The summed E-state index contributed by atoms with van der Waals surface area (Å²) in [6.07, 6.45) is 3.94. The van der Waals surface area contributed by atoms with Gasteiger partial charge in [0.25, 0.3) is 5.91 Å². The largest absolute Gasteiger partial charge is 0.491 e. The first kappa shape index (κ1) is 22.4. The van der Waals surface area contributed by atoms with E-state index < -0.39 is 5.82 Å². The molecule has 3 N–H and O–H groups in total. The van der Waals surface area contributed by atoms with Crippen molar-refractivity contribution < 1.29 is 18.7 Å². The van der Waals surface area contributed by atoms with Gasteiger partial charge in [0, 0.05) is 42.9 Å². The third-order valence-electron chi connectivity index (χ3n) is 5.16. The van der Waals surface area contributed by atoms with Crippen LogP contribution in [0.15, 0.2) is 47.9 Å². The fourth-order valence-corrected chi connectivity index (χ4v) is 3.83. The van der Waals surface area contributed by atoms with E-state index in [1.54, 1.807) is 18.5 Å². The summed E-state index contributed by atoms with van der Waals surface area (Å²) >= 11 is 11.5. The molecule has 0 bridgehead atoms. The van der Waals surface area contributed by atoms with Crippen LogP contribution in [0.5, 0.6) is 5.75 Å². The Balaban J connectivity index is 1.49. The molecule has 10 heteroatoms. The van der Waals surface area contributed by atoms with Crippen molar-refractivity contribution in [1.82, 2.24) is 15.6 Å². The number of ether oxygens (including phenoxy) is 2. The second-order valence-corrected chi connectivity index (χ2v) is 8.25. The maximum Gasteiger partial charge on any atom is 0.256 e. The summed E-state index contributed by atoms with van der Waals surface area (Å²) in [7, 11) is 0. The lowest BCUT2D eigenvalue weighted by atomic mass is 10.1. The van der Waals surface area contributed by atoms with Crippen LogP contribution >= 0.6 is 23.8 Å². The summed E-state index contributed by atoms with van der Waals surface area (Å²) in [5.41, 5.74) is 2.19. The van der Waals surface area contributed by atoms with Crippen LogP contribution < -0.4 is 20.7 Å². The predicted octanol–water partition coefficient (Wildman–Crippen LogP) is 3.20. The maximum atomic E-state index is 13.8. The maximum absolute atomic E-state index is 13.8. The Morgan fingerprint density at radius 2 is 2.22 bits per heavy atom. The molecular formula is C22H22ClFN4O3S. The summed E-state index contributed by atoms with van der Waals surface area (Å²) in [6.45, 7) is 2.89. The third-order valence-corrected chi connectivity index (χ3v) is 5.85. The van der Waals surface area contributed by atoms with Crippen LogP contribution in [0.1, 0.15) is 12.0 Å². The van der Waals surface area contributed by atoms with E-state index in [0.717, 1.165) is 5.56 Å². The minimum Gasteiger partial charge on any atom is -0.491 e. The van der Waals surface area contributed by atoms with Gasteiger partial charge in [-0.15, -0.1) is 0 Å². The van der Waals surface area contributed by atoms with Crippen molar-refractivity contribution in [2.75, 3.05) is 31.7 Å². The molecule has 7 nitrogen and oxygen atoms in total. The molecule has 2 aliphatic heterocycles. The average molecular weight is 477 g/mol. The molecule has 0 radical (unpaired) electrons. The summed E-state index contributed by atoms with van der Waals surface area (Å²) in [5.74, 6) is 0.200. The summed E-state index contributed by atoms with van der Waals surface area (Å²) in [6, 6.07) is 6.23. The lowest BCUT2D eigenvalue weighted by Crippen LogP contribution is -2.39. The van der Waals surface area contributed by atoms with Crippen molar-refractivity contribution in [2.24, 2.45) is 5.92 Å². The molecule has 1 aromatic heterocycles. The summed E-state index contributed by atoms with van der Waals surface area (Å²) in [4.78, 5) is 16.9. The molecule has 3 heterocycles. The van der Waals surface area contributed by atoms with Crippen LogP contribution in [0.3, 0.4) is 0 Å². The fraction of sp³-hybridized carbons (Fsp3) is 0.318. The third kappa shape index (κ3) is 5.17. The van der Waals surface area contributed by atoms with Crippen molar-refractivity contribution in [3.8, 4) is 5.75 Å². The zero-order chi connectivity index (χ0) is 22.5. The number of carbonyl (C=O) groups excluding carboxylic acids is 1. The highest BCUT2D eigenvalue weighted by atomic mass is 35.5. The SMILES string of the molecule is O=C1NCCC(NCc2ccncc2OCC2COC2)=C1C(=S)Nc1cccc(F)c1Cl. The molecule has 0 aliphatic carbocycles. The van der Waals surface area contributed by atoms with E-state index in [0.29, 0.717) is 68.0 Å². The van der Waals surface area contributed by atoms with E-state index in [1.807, 2.05) is 6.07 Å². The van der Waals surface area contributed by atoms with Gasteiger partial charge in [-0.25, -0.2) is 4.39 Å². The second-order valence-electron chi connectivity index (χ2n) is 7.47. The summed E-state index contributed by atoms with van der Waals surface area (Å²) in [5, 5.41) is 8.92. The van der Waals surface area contributed by atoms with Crippen LogP contribution in [0.25, 0.3) is 0 Å². The van der Waals surface area contributed by atoms with E-state index in [4.69, 9.17) is 33.3 Å². The number of halogens is 2. The Bertz CT molecular complexity index is 1060. The van der Waals surface area contributed by atoms with Gasteiger partial charge in [-0.3, -0.25) is 9.78 Å². The summed E-state index contributed by atoms with van der Waals surface area (Å²) < 4.78 is 24.9. The molecule has 168 valence electrons. The quantitative estimate of drug-likeness (QED) is 0.504. The molecule has 0 unspecified atom stereocenters. The van der Waals surface area contributed by atoms with E-state index in [2.05, 4.69) is 20.9 Å². The highest BCUT2D eigenvalue weighted by Gasteiger charge is 2.25. The first-order valence-electron chi connectivity index (χ1n) is 10.2. The topological polar surface area (TPSA) is 84.5 Å². The Morgan fingerprint density at radius 1 is 1.38 bits per heavy atom. The molecule has 1 fully saturated rings. The lowest BCUT2D eigenvalue weighted by molar-refractivity contribution is -0.117. The molecule has 1 aromatic carbocycles. The number of pyridine rings is 1. The molecule has 32 heavy (non-hydrogen) atoms. The number of thiocarbonyl (C=S) groups is 1. The minimum absolute atomic E-state index is 0.0865. The van der Waals surface area contributed by atoms with Crippen molar-refractivity contribution in [3.05, 3.63) is 64.3 Å². The second kappa shape index (κ2) is 10.2. The first-order chi connectivity index (χ1) is 15.5. The van der Waals surface area contributed by atoms with Gasteiger partial charge in [0.15, 0.2) is 0 Å². The zero-order valence-corrected chi connectivity index (χ0v) is 18.7. The van der Waals surface area contributed by atoms with Gasteiger partial charge in [-0.2, -0.15) is 0 Å². The molecular weight excluding hydrogens is 455 g/mol. The van der Waals surface area contributed by atoms with E-state index in [1.165, 1.54) is 12.1 Å². The van der Waals surface area contributed by atoms with Crippen LogP contribution in [0, 0.1) is 11.7 Å². The standard InChI is InChI=1S/C22H22ClFN4O3S/c23-20-15(24)2-1-3-17(20)28-22(32)19-16(5-7-26-21(19)29)27-8-14-4-6-25-9-18(14)31-12-13-10-30-11-13/h1-4,6,9,13,27H,5,7-8,10-12H2,(H,26,29)(H,28,32). The smallest absolute Gasteiger partial charge is 0.256 e.